The molecule has 0 unspecified atom stereocenters. The van der Waals surface area contributed by atoms with Gasteiger partial charge in [-0.15, -0.1) is 0 Å². The van der Waals surface area contributed by atoms with Crippen LogP contribution in [0.3, 0.4) is 0 Å². The minimum absolute atomic E-state index is 0.755. The number of rotatable bonds is 6. The third kappa shape index (κ3) is 3.75. The SMILES string of the molecule is CCCOc1ccc(-c2ccc(Cl)cc2CNC)cc1. The quantitative estimate of drug-likeness (QED) is 0.844. The maximum Gasteiger partial charge on any atom is 0.119 e. The number of ether oxygens (including phenoxy) is 1. The van der Waals surface area contributed by atoms with Crippen molar-refractivity contribution in [2.75, 3.05) is 13.7 Å². The average molecular weight is 290 g/mol. The fourth-order valence-corrected chi connectivity index (χ4v) is 2.33. The lowest BCUT2D eigenvalue weighted by Crippen LogP contribution is -2.06. The van der Waals surface area contributed by atoms with Crippen LogP contribution in [0.25, 0.3) is 11.1 Å². The first-order valence-corrected chi connectivity index (χ1v) is 7.28. The van der Waals surface area contributed by atoms with Gasteiger partial charge < -0.3 is 10.1 Å². The van der Waals surface area contributed by atoms with Crippen molar-refractivity contribution in [1.29, 1.82) is 0 Å². The van der Waals surface area contributed by atoms with Crippen molar-refractivity contribution in [1.82, 2.24) is 5.32 Å². The fraction of sp³-hybridized carbons (Fsp3) is 0.294. The predicted octanol–water partition coefficient (Wildman–Crippen LogP) is 4.52. The first kappa shape index (κ1) is 14.9. The van der Waals surface area contributed by atoms with Crippen LogP contribution >= 0.6 is 11.6 Å². The van der Waals surface area contributed by atoms with Gasteiger partial charge in [-0.3, -0.25) is 0 Å². The number of hydrogen-bond acceptors (Lipinski definition) is 2. The molecule has 0 aliphatic heterocycles. The van der Waals surface area contributed by atoms with Crippen molar-refractivity contribution < 1.29 is 4.74 Å². The summed E-state index contributed by atoms with van der Waals surface area (Å²) in [7, 11) is 1.94. The molecular formula is C17H20ClNO. The Kier molecular flexibility index (Phi) is 5.45. The van der Waals surface area contributed by atoms with Crippen molar-refractivity contribution in [3.8, 4) is 16.9 Å². The second-order valence-corrected chi connectivity index (χ2v) is 5.14. The van der Waals surface area contributed by atoms with E-state index in [-0.39, 0.29) is 0 Å². The fourth-order valence-electron chi connectivity index (χ4n) is 2.13. The Bertz CT molecular complexity index is 551. The maximum absolute atomic E-state index is 6.07. The van der Waals surface area contributed by atoms with Gasteiger partial charge in [0.05, 0.1) is 6.61 Å². The Morgan fingerprint density at radius 1 is 1.10 bits per heavy atom. The Morgan fingerprint density at radius 2 is 1.85 bits per heavy atom. The largest absolute Gasteiger partial charge is 0.494 e. The summed E-state index contributed by atoms with van der Waals surface area (Å²) in [6.07, 6.45) is 1.02. The topological polar surface area (TPSA) is 21.3 Å². The van der Waals surface area contributed by atoms with Crippen LogP contribution in [0.5, 0.6) is 5.75 Å². The standard InChI is InChI=1S/C17H20ClNO/c1-3-10-20-16-7-4-13(5-8-16)17-9-6-15(18)11-14(17)12-19-2/h4-9,11,19H,3,10,12H2,1-2H3. The van der Waals surface area contributed by atoms with Crippen LogP contribution in [0.1, 0.15) is 18.9 Å². The van der Waals surface area contributed by atoms with E-state index >= 15 is 0 Å². The van der Waals surface area contributed by atoms with Crippen molar-refractivity contribution >= 4 is 11.6 Å². The zero-order valence-corrected chi connectivity index (χ0v) is 12.7. The lowest BCUT2D eigenvalue weighted by molar-refractivity contribution is 0.317. The Morgan fingerprint density at radius 3 is 2.50 bits per heavy atom. The van der Waals surface area contributed by atoms with Crippen LogP contribution in [-0.2, 0) is 6.54 Å². The summed E-state index contributed by atoms with van der Waals surface area (Å²) >= 11 is 6.07. The van der Waals surface area contributed by atoms with Crippen LogP contribution in [0.2, 0.25) is 5.02 Å². The van der Waals surface area contributed by atoms with Crippen molar-refractivity contribution in [2.24, 2.45) is 0 Å². The average Bonchev–Trinajstić information content (AvgIpc) is 2.46. The van der Waals surface area contributed by atoms with Gasteiger partial charge in [0.25, 0.3) is 0 Å². The molecule has 0 saturated carbocycles. The highest BCUT2D eigenvalue weighted by molar-refractivity contribution is 6.30. The molecule has 0 aromatic heterocycles. The third-order valence-electron chi connectivity index (χ3n) is 3.07. The highest BCUT2D eigenvalue weighted by atomic mass is 35.5. The number of nitrogens with one attached hydrogen (secondary N) is 1. The van der Waals surface area contributed by atoms with E-state index in [1.807, 2.05) is 31.3 Å². The molecule has 0 atom stereocenters. The van der Waals surface area contributed by atoms with Gasteiger partial charge in [-0.05, 0) is 54.4 Å². The molecule has 0 amide bonds. The van der Waals surface area contributed by atoms with Crippen LogP contribution in [0.15, 0.2) is 42.5 Å². The van der Waals surface area contributed by atoms with E-state index < -0.39 is 0 Å². The molecule has 2 aromatic carbocycles. The van der Waals surface area contributed by atoms with Crippen molar-refractivity contribution in [3.05, 3.63) is 53.1 Å². The second-order valence-electron chi connectivity index (χ2n) is 4.70. The van der Waals surface area contributed by atoms with E-state index in [9.17, 15) is 0 Å². The zero-order chi connectivity index (χ0) is 14.4. The highest BCUT2D eigenvalue weighted by Crippen LogP contribution is 2.28. The number of halogens is 1. The summed E-state index contributed by atoms with van der Waals surface area (Å²) in [5, 5.41) is 3.94. The zero-order valence-electron chi connectivity index (χ0n) is 11.9. The predicted molar refractivity (Wildman–Crippen MR) is 85.4 cm³/mol. The highest BCUT2D eigenvalue weighted by Gasteiger charge is 2.06. The van der Waals surface area contributed by atoms with Crippen LogP contribution < -0.4 is 10.1 Å². The summed E-state index contributed by atoms with van der Waals surface area (Å²) in [6.45, 7) is 3.65. The molecule has 0 saturated heterocycles. The van der Waals surface area contributed by atoms with E-state index in [0.717, 1.165) is 30.3 Å². The maximum atomic E-state index is 6.07. The van der Waals surface area contributed by atoms with Crippen molar-refractivity contribution in [2.45, 2.75) is 19.9 Å². The molecule has 106 valence electrons. The lowest BCUT2D eigenvalue weighted by atomic mass is 9.99. The normalized spacial score (nSPS) is 10.6. The molecule has 2 nitrogen and oxygen atoms in total. The molecule has 1 N–H and O–H groups in total. The van der Waals surface area contributed by atoms with Gasteiger partial charge in [0.2, 0.25) is 0 Å². The molecule has 2 aromatic rings. The molecule has 0 radical (unpaired) electrons. The molecule has 2 rings (SSSR count). The van der Waals surface area contributed by atoms with E-state index in [1.165, 1.54) is 16.7 Å². The van der Waals surface area contributed by atoms with E-state index in [0.29, 0.717) is 0 Å². The lowest BCUT2D eigenvalue weighted by Gasteiger charge is -2.11. The summed E-state index contributed by atoms with van der Waals surface area (Å²) in [5.41, 5.74) is 3.57. The number of benzene rings is 2. The molecule has 20 heavy (non-hydrogen) atoms. The molecule has 0 fully saturated rings. The molecule has 0 aliphatic rings. The van der Waals surface area contributed by atoms with Crippen LogP contribution in [-0.4, -0.2) is 13.7 Å². The second kappa shape index (κ2) is 7.32. The Balaban J connectivity index is 2.26. The summed E-state index contributed by atoms with van der Waals surface area (Å²) in [5.74, 6) is 0.916. The van der Waals surface area contributed by atoms with Gasteiger partial charge in [0.15, 0.2) is 0 Å². The van der Waals surface area contributed by atoms with Gasteiger partial charge >= 0.3 is 0 Å². The van der Waals surface area contributed by atoms with Gasteiger partial charge in [-0.1, -0.05) is 36.7 Å². The first-order valence-electron chi connectivity index (χ1n) is 6.91. The van der Waals surface area contributed by atoms with E-state index in [4.69, 9.17) is 16.3 Å². The molecule has 3 heteroatoms. The number of hydrogen-bond donors (Lipinski definition) is 1. The van der Waals surface area contributed by atoms with Crippen molar-refractivity contribution in [3.63, 3.8) is 0 Å². The third-order valence-corrected chi connectivity index (χ3v) is 3.31. The smallest absolute Gasteiger partial charge is 0.119 e. The molecule has 0 bridgehead atoms. The van der Waals surface area contributed by atoms with Crippen LogP contribution in [0.4, 0.5) is 0 Å². The van der Waals surface area contributed by atoms with Gasteiger partial charge in [0.1, 0.15) is 5.75 Å². The van der Waals surface area contributed by atoms with Gasteiger partial charge in [-0.25, -0.2) is 0 Å². The Hall–Kier alpha value is -1.51. The summed E-state index contributed by atoms with van der Waals surface area (Å²) in [4.78, 5) is 0. The summed E-state index contributed by atoms with van der Waals surface area (Å²) < 4.78 is 5.61. The molecule has 0 aliphatic carbocycles. The summed E-state index contributed by atoms with van der Waals surface area (Å²) in [6, 6.07) is 14.2. The molecule has 0 spiro atoms. The minimum atomic E-state index is 0.755. The monoisotopic (exact) mass is 289 g/mol. The van der Waals surface area contributed by atoms with E-state index in [1.54, 1.807) is 0 Å². The first-order chi connectivity index (χ1) is 9.74. The molecular weight excluding hydrogens is 270 g/mol. The van der Waals surface area contributed by atoms with Gasteiger partial charge in [0, 0.05) is 11.6 Å². The van der Waals surface area contributed by atoms with Gasteiger partial charge in [-0.2, -0.15) is 0 Å². The van der Waals surface area contributed by atoms with Crippen LogP contribution in [0, 0.1) is 0 Å². The van der Waals surface area contributed by atoms with E-state index in [2.05, 4.69) is 30.4 Å². The Labute approximate surface area is 125 Å². The molecule has 0 heterocycles. The minimum Gasteiger partial charge on any atom is -0.494 e.